The first-order valence-corrected chi connectivity index (χ1v) is 9.74. The molecule has 1 N–H and O–H groups in total. The van der Waals surface area contributed by atoms with Gasteiger partial charge in [-0.1, -0.05) is 51.4 Å². The van der Waals surface area contributed by atoms with Gasteiger partial charge < -0.3 is 9.52 Å². The normalized spacial score (nSPS) is 11.7. The molecule has 0 saturated heterocycles. The van der Waals surface area contributed by atoms with Crippen molar-refractivity contribution in [3.8, 4) is 16.9 Å². The van der Waals surface area contributed by atoms with Gasteiger partial charge in [0.15, 0.2) is 0 Å². The molecule has 4 heteroatoms. The highest BCUT2D eigenvalue weighted by Crippen LogP contribution is 2.34. The van der Waals surface area contributed by atoms with Gasteiger partial charge in [0, 0.05) is 16.5 Å². The first kappa shape index (κ1) is 19.5. The number of rotatable bonds is 5. The third kappa shape index (κ3) is 3.89. The van der Waals surface area contributed by atoms with Crippen molar-refractivity contribution >= 4 is 22.6 Å². The zero-order chi connectivity index (χ0) is 19.7. The van der Waals surface area contributed by atoms with Gasteiger partial charge in [0.05, 0.1) is 10.9 Å². The van der Waals surface area contributed by atoms with Gasteiger partial charge in [-0.25, -0.2) is 0 Å². The fourth-order valence-corrected chi connectivity index (χ4v) is 3.42. The van der Waals surface area contributed by atoms with E-state index in [4.69, 9.17) is 16.0 Å². The van der Waals surface area contributed by atoms with Crippen LogP contribution in [0, 0.1) is 5.92 Å². The molecule has 3 aromatic rings. The molecule has 3 rings (SSSR count). The van der Waals surface area contributed by atoms with Crippen LogP contribution in [0.2, 0.25) is 5.02 Å². The minimum Gasteiger partial charge on any atom is -0.508 e. The molecule has 0 unspecified atom stereocenters. The second-order valence-corrected chi connectivity index (χ2v) is 8.14. The minimum absolute atomic E-state index is 0.0214. The van der Waals surface area contributed by atoms with Crippen molar-refractivity contribution in [3.05, 3.63) is 63.0 Å². The van der Waals surface area contributed by atoms with Crippen molar-refractivity contribution in [3.63, 3.8) is 0 Å². The van der Waals surface area contributed by atoms with Gasteiger partial charge in [-0.15, -0.1) is 0 Å². The van der Waals surface area contributed by atoms with E-state index in [0.717, 1.165) is 12.0 Å². The molecular weight excluding hydrogens is 360 g/mol. The van der Waals surface area contributed by atoms with Crippen LogP contribution in [0.3, 0.4) is 0 Å². The van der Waals surface area contributed by atoms with Gasteiger partial charge in [-0.2, -0.15) is 0 Å². The molecule has 1 aromatic heterocycles. The van der Waals surface area contributed by atoms with Crippen LogP contribution in [0.1, 0.15) is 51.4 Å². The van der Waals surface area contributed by atoms with E-state index in [9.17, 15) is 9.90 Å². The fraction of sp³-hybridized carbons (Fsp3) is 0.348. The van der Waals surface area contributed by atoms with Gasteiger partial charge in [-0.05, 0) is 48.6 Å². The van der Waals surface area contributed by atoms with E-state index >= 15 is 0 Å². The predicted octanol–water partition coefficient (Wildman–Crippen LogP) is 6.53. The molecule has 142 valence electrons. The van der Waals surface area contributed by atoms with Crippen LogP contribution in [-0.4, -0.2) is 5.11 Å². The van der Waals surface area contributed by atoms with Crippen LogP contribution in [0.15, 0.2) is 45.6 Å². The van der Waals surface area contributed by atoms with Crippen molar-refractivity contribution in [2.45, 2.75) is 46.5 Å². The average molecular weight is 385 g/mol. The molecule has 0 aliphatic carbocycles. The molecular formula is C23H25ClO3. The summed E-state index contributed by atoms with van der Waals surface area (Å²) in [7, 11) is 0. The van der Waals surface area contributed by atoms with Crippen molar-refractivity contribution in [1.29, 1.82) is 0 Å². The number of phenols is 1. The summed E-state index contributed by atoms with van der Waals surface area (Å²) in [6, 6.07) is 10.5. The summed E-state index contributed by atoms with van der Waals surface area (Å²) < 4.78 is 6.27. The first-order valence-electron chi connectivity index (χ1n) is 9.37. The highest BCUT2D eigenvalue weighted by molar-refractivity contribution is 6.30. The summed E-state index contributed by atoms with van der Waals surface area (Å²) in [6.07, 6.45) is 1.58. The third-order valence-electron chi connectivity index (χ3n) is 4.79. The molecule has 0 radical (unpaired) electrons. The Bertz CT molecular complexity index is 1010. The fourth-order valence-electron chi connectivity index (χ4n) is 3.29. The Morgan fingerprint density at radius 1 is 1.04 bits per heavy atom. The summed E-state index contributed by atoms with van der Waals surface area (Å²) in [5.74, 6) is 1.32. The van der Waals surface area contributed by atoms with Crippen molar-refractivity contribution in [2.75, 3.05) is 0 Å². The standard InChI is InChI=1S/C23H25ClO3/c1-13(2)5-10-17-19(25)12-11-18-21(26)20(15-6-8-16(24)9-7-15)22(14(3)4)27-23(17)18/h6-9,11-14,25H,5,10H2,1-4H3. The zero-order valence-corrected chi connectivity index (χ0v) is 16.9. The lowest BCUT2D eigenvalue weighted by Gasteiger charge is -2.16. The lowest BCUT2D eigenvalue weighted by molar-refractivity contribution is 0.457. The van der Waals surface area contributed by atoms with E-state index in [0.29, 0.717) is 45.2 Å². The van der Waals surface area contributed by atoms with Crippen molar-refractivity contribution in [2.24, 2.45) is 5.92 Å². The van der Waals surface area contributed by atoms with Crippen LogP contribution >= 0.6 is 11.6 Å². The quantitative estimate of drug-likeness (QED) is 0.543. The number of aromatic hydroxyl groups is 1. The summed E-state index contributed by atoms with van der Waals surface area (Å²) in [5.41, 5.74) is 2.49. The van der Waals surface area contributed by atoms with Crippen molar-refractivity contribution < 1.29 is 9.52 Å². The number of benzene rings is 2. The minimum atomic E-state index is -0.0759. The topological polar surface area (TPSA) is 50.4 Å². The van der Waals surface area contributed by atoms with E-state index in [1.54, 1.807) is 24.3 Å². The van der Waals surface area contributed by atoms with Crippen LogP contribution in [0.4, 0.5) is 0 Å². The maximum atomic E-state index is 13.4. The molecule has 0 atom stereocenters. The molecule has 2 aromatic carbocycles. The molecule has 0 saturated carbocycles. The lowest BCUT2D eigenvalue weighted by Crippen LogP contribution is -2.11. The summed E-state index contributed by atoms with van der Waals surface area (Å²) in [4.78, 5) is 13.4. The molecule has 0 aliphatic heterocycles. The van der Waals surface area contributed by atoms with Gasteiger partial charge in [0.1, 0.15) is 17.1 Å². The highest BCUT2D eigenvalue weighted by Gasteiger charge is 2.21. The highest BCUT2D eigenvalue weighted by atomic mass is 35.5. The molecule has 0 bridgehead atoms. The Hall–Kier alpha value is -2.26. The van der Waals surface area contributed by atoms with Crippen LogP contribution in [0.25, 0.3) is 22.1 Å². The second-order valence-electron chi connectivity index (χ2n) is 7.70. The number of halogens is 1. The molecule has 3 nitrogen and oxygen atoms in total. The summed E-state index contributed by atoms with van der Waals surface area (Å²) in [5, 5.41) is 11.5. The van der Waals surface area contributed by atoms with Crippen LogP contribution in [0.5, 0.6) is 5.75 Å². The van der Waals surface area contributed by atoms with E-state index in [1.807, 2.05) is 26.0 Å². The SMILES string of the molecule is CC(C)CCc1c(O)ccc2c(=O)c(-c3ccc(Cl)cc3)c(C(C)C)oc12. The number of phenolic OH excluding ortho intramolecular Hbond substituents is 1. The Labute approximate surface area is 164 Å². The Morgan fingerprint density at radius 3 is 2.30 bits per heavy atom. The Kier molecular flexibility index (Phi) is 5.61. The van der Waals surface area contributed by atoms with Gasteiger partial charge >= 0.3 is 0 Å². The maximum Gasteiger partial charge on any atom is 0.200 e. The van der Waals surface area contributed by atoms with Crippen LogP contribution in [-0.2, 0) is 6.42 Å². The van der Waals surface area contributed by atoms with E-state index in [2.05, 4.69) is 13.8 Å². The van der Waals surface area contributed by atoms with Gasteiger partial charge in [0.2, 0.25) is 5.43 Å². The first-order chi connectivity index (χ1) is 12.8. The largest absolute Gasteiger partial charge is 0.508 e. The third-order valence-corrected chi connectivity index (χ3v) is 5.05. The second kappa shape index (κ2) is 7.77. The summed E-state index contributed by atoms with van der Waals surface area (Å²) in [6.45, 7) is 8.27. The number of hydrogen-bond acceptors (Lipinski definition) is 3. The van der Waals surface area contributed by atoms with Gasteiger partial charge in [0.25, 0.3) is 0 Å². The zero-order valence-electron chi connectivity index (χ0n) is 16.2. The molecule has 27 heavy (non-hydrogen) atoms. The predicted molar refractivity (Wildman–Crippen MR) is 112 cm³/mol. The monoisotopic (exact) mass is 384 g/mol. The molecule has 0 aliphatic rings. The van der Waals surface area contributed by atoms with Crippen molar-refractivity contribution in [1.82, 2.24) is 0 Å². The van der Waals surface area contributed by atoms with E-state index in [-0.39, 0.29) is 17.1 Å². The Balaban J connectivity index is 2.31. The lowest BCUT2D eigenvalue weighted by atomic mass is 9.95. The number of fused-ring (bicyclic) bond motifs is 1. The van der Waals surface area contributed by atoms with E-state index < -0.39 is 0 Å². The molecule has 0 fully saturated rings. The maximum absolute atomic E-state index is 13.4. The van der Waals surface area contributed by atoms with E-state index in [1.165, 1.54) is 0 Å². The molecule has 0 amide bonds. The number of hydrogen-bond donors (Lipinski definition) is 1. The summed E-state index contributed by atoms with van der Waals surface area (Å²) >= 11 is 6.01. The number of aryl methyl sites for hydroxylation is 1. The van der Waals surface area contributed by atoms with Gasteiger partial charge in [-0.3, -0.25) is 4.79 Å². The smallest absolute Gasteiger partial charge is 0.200 e. The van der Waals surface area contributed by atoms with Crippen LogP contribution < -0.4 is 5.43 Å². The Morgan fingerprint density at radius 2 is 1.70 bits per heavy atom. The average Bonchev–Trinajstić information content (AvgIpc) is 2.61. The molecule has 0 spiro atoms. The molecule has 1 heterocycles.